The zero-order valence-electron chi connectivity index (χ0n) is 11.1. The zero-order valence-corrected chi connectivity index (χ0v) is 11.1. The zero-order chi connectivity index (χ0) is 13.2. The monoisotopic (exact) mass is 254 g/mol. The smallest absolute Gasteiger partial charge is 0.147 e. The lowest BCUT2D eigenvalue weighted by Crippen LogP contribution is -2.06. The molecule has 102 valence electrons. The predicted molar refractivity (Wildman–Crippen MR) is 69.4 cm³/mol. The van der Waals surface area contributed by atoms with Crippen LogP contribution >= 0.6 is 0 Å². The number of hydrogen-bond acceptors (Lipinski definition) is 4. The average molecular weight is 254 g/mol. The second kappa shape index (κ2) is 9.05. The Balaban J connectivity index is 2.22. The summed E-state index contributed by atoms with van der Waals surface area (Å²) < 4.78 is 15.4. The molecule has 1 aromatic rings. The minimum atomic E-state index is 0.170. The Bertz CT molecular complexity index is 310. The summed E-state index contributed by atoms with van der Waals surface area (Å²) in [5.41, 5.74) is 2.23. The van der Waals surface area contributed by atoms with E-state index in [-0.39, 0.29) is 19.3 Å². The number of benzene rings is 1. The first-order chi connectivity index (χ1) is 8.77. The first kappa shape index (κ1) is 15.1. The third kappa shape index (κ3) is 5.60. The fourth-order valence-corrected chi connectivity index (χ4v) is 1.47. The molecule has 0 radical (unpaired) electrons. The van der Waals surface area contributed by atoms with Crippen LogP contribution in [-0.4, -0.2) is 38.8 Å². The van der Waals surface area contributed by atoms with Crippen molar-refractivity contribution in [1.82, 2.24) is 0 Å². The minimum Gasteiger partial charge on any atom is -0.396 e. The Morgan fingerprint density at radius 2 is 1.83 bits per heavy atom. The van der Waals surface area contributed by atoms with Crippen LogP contribution in [0.4, 0.5) is 0 Å². The van der Waals surface area contributed by atoms with Gasteiger partial charge in [-0.2, -0.15) is 0 Å². The van der Waals surface area contributed by atoms with Gasteiger partial charge in [0.05, 0.1) is 19.8 Å². The van der Waals surface area contributed by atoms with Gasteiger partial charge in [0, 0.05) is 19.6 Å². The van der Waals surface area contributed by atoms with Crippen LogP contribution in [0.1, 0.15) is 24.0 Å². The van der Waals surface area contributed by atoms with Crippen LogP contribution in [0.2, 0.25) is 0 Å². The van der Waals surface area contributed by atoms with Gasteiger partial charge in [-0.1, -0.05) is 31.2 Å². The summed E-state index contributed by atoms with van der Waals surface area (Å²) in [7, 11) is 1.64. The van der Waals surface area contributed by atoms with E-state index in [4.69, 9.17) is 19.3 Å². The summed E-state index contributed by atoms with van der Waals surface area (Å²) in [6, 6.07) is 8.06. The van der Waals surface area contributed by atoms with E-state index in [1.165, 1.54) is 0 Å². The molecule has 0 bridgehead atoms. The molecule has 0 heterocycles. The minimum absolute atomic E-state index is 0.170. The van der Waals surface area contributed by atoms with E-state index in [1.807, 2.05) is 31.2 Å². The van der Waals surface area contributed by atoms with Crippen LogP contribution in [0.25, 0.3) is 0 Å². The molecule has 0 spiro atoms. The molecule has 4 nitrogen and oxygen atoms in total. The lowest BCUT2D eigenvalue weighted by Gasteiger charge is -2.09. The fraction of sp³-hybridized carbons (Fsp3) is 0.571. The molecule has 0 aliphatic heterocycles. The molecular weight excluding hydrogens is 232 g/mol. The van der Waals surface area contributed by atoms with Crippen LogP contribution in [0.5, 0.6) is 0 Å². The van der Waals surface area contributed by atoms with E-state index in [1.54, 1.807) is 7.11 Å². The van der Waals surface area contributed by atoms with E-state index in [0.29, 0.717) is 19.8 Å². The Morgan fingerprint density at radius 3 is 2.44 bits per heavy atom. The highest BCUT2D eigenvalue weighted by molar-refractivity contribution is 5.24. The number of hydrogen-bond donors (Lipinski definition) is 1. The van der Waals surface area contributed by atoms with Crippen molar-refractivity contribution in [3.05, 3.63) is 35.4 Å². The molecular formula is C14H22O4. The molecule has 1 rings (SSSR count). The maximum absolute atomic E-state index is 9.05. The van der Waals surface area contributed by atoms with Crippen molar-refractivity contribution in [3.8, 4) is 0 Å². The van der Waals surface area contributed by atoms with Crippen LogP contribution in [0, 0.1) is 0 Å². The van der Waals surface area contributed by atoms with E-state index < -0.39 is 0 Å². The Labute approximate surface area is 108 Å². The molecule has 0 saturated carbocycles. The number of ether oxygens (including phenoxy) is 3. The van der Waals surface area contributed by atoms with Crippen LogP contribution < -0.4 is 0 Å². The maximum atomic E-state index is 9.05. The van der Waals surface area contributed by atoms with Gasteiger partial charge in [-0.15, -0.1) is 0 Å². The van der Waals surface area contributed by atoms with E-state index in [0.717, 1.165) is 11.1 Å². The van der Waals surface area contributed by atoms with Crippen LogP contribution in [-0.2, 0) is 20.8 Å². The second-order valence-corrected chi connectivity index (χ2v) is 4.19. The Kier molecular flexibility index (Phi) is 7.60. The third-order valence-electron chi connectivity index (χ3n) is 2.69. The number of rotatable bonds is 9. The molecule has 0 aliphatic rings. The Hall–Kier alpha value is -0.940. The largest absolute Gasteiger partial charge is 0.396 e. The maximum Gasteiger partial charge on any atom is 0.147 e. The van der Waals surface area contributed by atoms with Crippen molar-refractivity contribution < 1.29 is 19.3 Å². The predicted octanol–water partition coefficient (Wildman–Crippen LogP) is 1.92. The summed E-state index contributed by atoms with van der Waals surface area (Å²) >= 11 is 0. The summed E-state index contributed by atoms with van der Waals surface area (Å²) in [4.78, 5) is 0. The lowest BCUT2D eigenvalue weighted by atomic mass is 10.0. The molecule has 4 heteroatoms. The van der Waals surface area contributed by atoms with Crippen molar-refractivity contribution in [2.45, 2.75) is 19.4 Å². The average Bonchev–Trinajstić information content (AvgIpc) is 2.42. The van der Waals surface area contributed by atoms with Crippen molar-refractivity contribution in [2.24, 2.45) is 0 Å². The molecule has 0 aromatic heterocycles. The molecule has 18 heavy (non-hydrogen) atoms. The lowest BCUT2D eigenvalue weighted by molar-refractivity contribution is -0.0724. The van der Waals surface area contributed by atoms with Gasteiger partial charge in [0.2, 0.25) is 0 Å². The summed E-state index contributed by atoms with van der Waals surface area (Å²) in [5, 5.41) is 9.05. The van der Waals surface area contributed by atoms with Crippen molar-refractivity contribution >= 4 is 0 Å². The van der Waals surface area contributed by atoms with Gasteiger partial charge in [-0.05, 0) is 11.1 Å². The van der Waals surface area contributed by atoms with Crippen molar-refractivity contribution in [3.63, 3.8) is 0 Å². The molecule has 1 atom stereocenters. The highest BCUT2D eigenvalue weighted by atomic mass is 16.7. The number of methoxy groups -OCH3 is 1. The normalized spacial score (nSPS) is 12.6. The van der Waals surface area contributed by atoms with Gasteiger partial charge in [0.1, 0.15) is 6.79 Å². The van der Waals surface area contributed by atoms with Gasteiger partial charge in [0.15, 0.2) is 0 Å². The molecule has 0 aliphatic carbocycles. The number of aliphatic hydroxyl groups is 1. The third-order valence-corrected chi connectivity index (χ3v) is 2.69. The van der Waals surface area contributed by atoms with Crippen molar-refractivity contribution in [1.29, 1.82) is 0 Å². The first-order valence-corrected chi connectivity index (χ1v) is 6.12. The molecule has 1 aromatic carbocycles. The van der Waals surface area contributed by atoms with Crippen molar-refractivity contribution in [2.75, 3.05) is 33.7 Å². The van der Waals surface area contributed by atoms with Gasteiger partial charge < -0.3 is 19.3 Å². The van der Waals surface area contributed by atoms with Crippen LogP contribution in [0.15, 0.2) is 24.3 Å². The summed E-state index contributed by atoms with van der Waals surface area (Å²) in [6.45, 7) is 4.10. The standard InChI is InChI=1S/C14H22O4/c1-12(9-15)14-5-3-13(4-6-14)10-18-11-17-8-7-16-2/h3-6,12,15H,7-11H2,1-2H3. The van der Waals surface area contributed by atoms with E-state index >= 15 is 0 Å². The topological polar surface area (TPSA) is 47.9 Å². The second-order valence-electron chi connectivity index (χ2n) is 4.19. The summed E-state index contributed by atoms with van der Waals surface area (Å²) in [6.07, 6.45) is 0. The van der Waals surface area contributed by atoms with Gasteiger partial charge >= 0.3 is 0 Å². The summed E-state index contributed by atoms with van der Waals surface area (Å²) in [5.74, 6) is 0.178. The van der Waals surface area contributed by atoms with E-state index in [2.05, 4.69) is 0 Å². The number of aliphatic hydroxyl groups excluding tert-OH is 1. The van der Waals surface area contributed by atoms with Gasteiger partial charge in [-0.3, -0.25) is 0 Å². The molecule has 0 saturated heterocycles. The van der Waals surface area contributed by atoms with E-state index in [9.17, 15) is 0 Å². The quantitative estimate of drug-likeness (QED) is 0.540. The molecule has 0 fully saturated rings. The Morgan fingerprint density at radius 1 is 1.11 bits per heavy atom. The molecule has 1 N–H and O–H groups in total. The molecule has 0 amide bonds. The highest BCUT2D eigenvalue weighted by Gasteiger charge is 2.03. The highest BCUT2D eigenvalue weighted by Crippen LogP contribution is 2.15. The fourth-order valence-electron chi connectivity index (χ4n) is 1.47. The van der Waals surface area contributed by atoms with Gasteiger partial charge in [0.25, 0.3) is 0 Å². The molecule has 1 unspecified atom stereocenters. The van der Waals surface area contributed by atoms with Crippen LogP contribution in [0.3, 0.4) is 0 Å². The van der Waals surface area contributed by atoms with Gasteiger partial charge in [-0.25, -0.2) is 0 Å². The first-order valence-electron chi connectivity index (χ1n) is 6.12. The SMILES string of the molecule is COCCOCOCc1ccc(C(C)CO)cc1.